The van der Waals surface area contributed by atoms with E-state index < -0.39 is 0 Å². The van der Waals surface area contributed by atoms with Crippen molar-refractivity contribution in [2.24, 2.45) is 0 Å². The molecular weight excluding hydrogens is 268 g/mol. The average Bonchev–Trinajstić information content (AvgIpc) is 2.63. The van der Waals surface area contributed by atoms with Crippen molar-refractivity contribution >= 4 is 11.8 Å². The van der Waals surface area contributed by atoms with Gasteiger partial charge in [0.25, 0.3) is 0 Å². The monoisotopic (exact) mass is 282 g/mol. The molecule has 0 unspecified atom stereocenters. The summed E-state index contributed by atoms with van der Waals surface area (Å²) in [7, 11) is 1.36. The number of hydrogen-bond donors (Lipinski definition) is 0. The molecule has 0 aliphatic carbocycles. The Morgan fingerprint density at radius 3 is 2.81 bits per heavy atom. The highest BCUT2D eigenvalue weighted by molar-refractivity contribution is 6.01. The molecule has 106 valence electrons. The Kier molecular flexibility index (Phi) is 3.44. The lowest BCUT2D eigenvalue weighted by atomic mass is 10.0. The van der Waals surface area contributed by atoms with Gasteiger partial charge in [-0.2, -0.15) is 0 Å². The van der Waals surface area contributed by atoms with Crippen LogP contribution in [0.1, 0.15) is 21.5 Å². The molecular formula is C17H14O4. The van der Waals surface area contributed by atoms with Crippen molar-refractivity contribution in [2.75, 3.05) is 7.11 Å². The maximum absolute atomic E-state index is 12.3. The highest BCUT2D eigenvalue weighted by Crippen LogP contribution is 2.33. The second kappa shape index (κ2) is 5.40. The fourth-order valence-electron chi connectivity index (χ4n) is 2.39. The Morgan fingerprint density at radius 1 is 1.19 bits per heavy atom. The van der Waals surface area contributed by atoms with Crippen LogP contribution in [-0.2, 0) is 22.4 Å². The van der Waals surface area contributed by atoms with Gasteiger partial charge in [-0.05, 0) is 23.8 Å². The predicted octanol–water partition coefficient (Wildman–Crippen LogP) is 2.93. The summed E-state index contributed by atoms with van der Waals surface area (Å²) in [6, 6.07) is 12.6. The summed E-state index contributed by atoms with van der Waals surface area (Å²) < 4.78 is 10.5. The molecule has 0 aromatic heterocycles. The summed E-state index contributed by atoms with van der Waals surface area (Å²) in [5, 5.41) is 0. The third-order valence-electron chi connectivity index (χ3n) is 3.46. The molecule has 0 fully saturated rings. The first kappa shape index (κ1) is 13.4. The molecule has 0 radical (unpaired) electrons. The lowest BCUT2D eigenvalue weighted by molar-refractivity contribution is -0.139. The van der Waals surface area contributed by atoms with Crippen molar-refractivity contribution in [3.8, 4) is 11.5 Å². The van der Waals surface area contributed by atoms with Crippen LogP contribution in [0, 0.1) is 0 Å². The van der Waals surface area contributed by atoms with Crippen molar-refractivity contribution in [3.05, 3.63) is 59.2 Å². The largest absolute Gasteiger partial charge is 0.469 e. The predicted molar refractivity (Wildman–Crippen MR) is 76.7 cm³/mol. The molecule has 0 bridgehead atoms. The normalized spacial score (nSPS) is 12.7. The highest BCUT2D eigenvalue weighted by atomic mass is 16.5. The highest BCUT2D eigenvalue weighted by Gasteiger charge is 2.21. The number of methoxy groups -OCH3 is 1. The van der Waals surface area contributed by atoms with Crippen LogP contribution in [0.4, 0.5) is 0 Å². The Labute approximate surface area is 122 Å². The minimum absolute atomic E-state index is 0.0135. The topological polar surface area (TPSA) is 52.6 Å². The molecule has 2 aromatic carbocycles. The number of benzene rings is 2. The zero-order chi connectivity index (χ0) is 14.8. The first-order valence-electron chi connectivity index (χ1n) is 6.66. The van der Waals surface area contributed by atoms with E-state index in [9.17, 15) is 9.59 Å². The van der Waals surface area contributed by atoms with E-state index in [1.165, 1.54) is 7.11 Å². The quantitative estimate of drug-likeness (QED) is 0.795. The van der Waals surface area contributed by atoms with Crippen LogP contribution in [0.2, 0.25) is 0 Å². The van der Waals surface area contributed by atoms with E-state index in [1.807, 2.05) is 24.3 Å². The number of hydrogen-bond acceptors (Lipinski definition) is 4. The zero-order valence-electron chi connectivity index (χ0n) is 11.6. The van der Waals surface area contributed by atoms with Crippen LogP contribution >= 0.6 is 0 Å². The van der Waals surface area contributed by atoms with Crippen LogP contribution in [0.15, 0.2) is 42.5 Å². The molecule has 1 heterocycles. The van der Waals surface area contributed by atoms with Crippen molar-refractivity contribution in [1.29, 1.82) is 0 Å². The number of ketones is 1. The average molecular weight is 282 g/mol. The molecule has 1 aliphatic rings. The fourth-order valence-corrected chi connectivity index (χ4v) is 2.39. The third-order valence-corrected chi connectivity index (χ3v) is 3.46. The summed E-state index contributed by atoms with van der Waals surface area (Å²) in [4.78, 5) is 23.6. The summed E-state index contributed by atoms with van der Waals surface area (Å²) in [6.07, 6.45) is 0.451. The van der Waals surface area contributed by atoms with Gasteiger partial charge in [-0.25, -0.2) is 0 Å². The summed E-state index contributed by atoms with van der Waals surface area (Å²) in [5.74, 6) is 0.933. The maximum atomic E-state index is 12.3. The number of Topliss-reactive ketones (excluding diaryl/α,β-unsaturated/α-hetero) is 1. The standard InChI is InChI=1S/C17H14O4/c1-20-17(19)9-11-6-7-15-12(8-11)10-14(18)13-4-2-3-5-16(13)21-15/h2-8H,9-10H2,1H3. The summed E-state index contributed by atoms with van der Waals surface area (Å²) in [6.45, 7) is 0. The van der Waals surface area contributed by atoms with Gasteiger partial charge in [-0.15, -0.1) is 0 Å². The van der Waals surface area contributed by atoms with E-state index in [-0.39, 0.29) is 24.6 Å². The second-order valence-corrected chi connectivity index (χ2v) is 4.89. The van der Waals surface area contributed by atoms with E-state index in [1.54, 1.807) is 18.2 Å². The number of para-hydroxylation sites is 1. The number of carbonyl (C=O) groups is 2. The molecule has 1 aliphatic heterocycles. The summed E-state index contributed by atoms with van der Waals surface area (Å²) >= 11 is 0. The van der Waals surface area contributed by atoms with Gasteiger partial charge in [-0.1, -0.05) is 24.3 Å². The van der Waals surface area contributed by atoms with Gasteiger partial charge in [-0.3, -0.25) is 9.59 Å². The minimum Gasteiger partial charge on any atom is -0.469 e. The van der Waals surface area contributed by atoms with Crippen LogP contribution in [0.5, 0.6) is 11.5 Å². The maximum Gasteiger partial charge on any atom is 0.309 e. The van der Waals surface area contributed by atoms with Crippen molar-refractivity contribution in [2.45, 2.75) is 12.8 Å². The smallest absolute Gasteiger partial charge is 0.309 e. The Balaban J connectivity index is 1.97. The number of esters is 1. The van der Waals surface area contributed by atoms with Crippen LogP contribution < -0.4 is 4.74 Å². The molecule has 0 atom stereocenters. The van der Waals surface area contributed by atoms with Gasteiger partial charge in [0.1, 0.15) is 11.5 Å². The molecule has 0 spiro atoms. The zero-order valence-corrected chi connectivity index (χ0v) is 11.6. The van der Waals surface area contributed by atoms with Crippen LogP contribution in [-0.4, -0.2) is 18.9 Å². The van der Waals surface area contributed by atoms with E-state index in [0.717, 1.165) is 11.1 Å². The molecule has 4 heteroatoms. The number of carbonyl (C=O) groups excluding carboxylic acids is 2. The molecule has 3 rings (SSSR count). The third kappa shape index (κ3) is 2.65. The van der Waals surface area contributed by atoms with Crippen LogP contribution in [0.3, 0.4) is 0 Å². The first-order chi connectivity index (χ1) is 10.2. The SMILES string of the molecule is COC(=O)Cc1ccc2c(c1)CC(=O)c1ccccc1O2. The molecule has 4 nitrogen and oxygen atoms in total. The van der Waals surface area contributed by atoms with Crippen molar-refractivity contribution in [1.82, 2.24) is 0 Å². The molecule has 0 N–H and O–H groups in total. The molecule has 0 saturated carbocycles. The van der Waals surface area contributed by atoms with Crippen molar-refractivity contribution < 1.29 is 19.1 Å². The number of rotatable bonds is 2. The van der Waals surface area contributed by atoms with Crippen molar-refractivity contribution in [3.63, 3.8) is 0 Å². The van der Waals surface area contributed by atoms with Gasteiger partial charge in [0.05, 0.1) is 19.1 Å². The Bertz CT molecular complexity index is 718. The van der Waals surface area contributed by atoms with E-state index >= 15 is 0 Å². The molecule has 21 heavy (non-hydrogen) atoms. The molecule has 0 amide bonds. The van der Waals surface area contributed by atoms with Gasteiger partial charge in [0.15, 0.2) is 5.78 Å². The van der Waals surface area contributed by atoms with E-state index in [0.29, 0.717) is 17.1 Å². The van der Waals surface area contributed by atoms with Gasteiger partial charge in [0, 0.05) is 12.0 Å². The van der Waals surface area contributed by atoms with Crippen LogP contribution in [0.25, 0.3) is 0 Å². The summed E-state index contributed by atoms with van der Waals surface area (Å²) in [5.41, 5.74) is 2.18. The van der Waals surface area contributed by atoms with E-state index in [4.69, 9.17) is 4.74 Å². The Morgan fingerprint density at radius 2 is 2.00 bits per heavy atom. The molecule has 2 aromatic rings. The molecule has 0 saturated heterocycles. The van der Waals surface area contributed by atoms with Gasteiger partial charge < -0.3 is 9.47 Å². The minimum atomic E-state index is -0.306. The number of fused-ring (bicyclic) bond motifs is 2. The van der Waals surface area contributed by atoms with Gasteiger partial charge >= 0.3 is 5.97 Å². The lowest BCUT2D eigenvalue weighted by Gasteiger charge is -2.09. The van der Waals surface area contributed by atoms with E-state index in [2.05, 4.69) is 4.74 Å². The Hall–Kier alpha value is -2.62. The first-order valence-corrected chi connectivity index (χ1v) is 6.66. The fraction of sp³-hybridized carbons (Fsp3) is 0.176. The van der Waals surface area contributed by atoms with Gasteiger partial charge in [0.2, 0.25) is 0 Å². The lowest BCUT2D eigenvalue weighted by Crippen LogP contribution is -2.06. The second-order valence-electron chi connectivity index (χ2n) is 4.89. The number of ether oxygens (including phenoxy) is 2.